The van der Waals surface area contributed by atoms with Crippen LogP contribution in [0.15, 0.2) is 46.8 Å². The Morgan fingerprint density at radius 1 is 1.27 bits per heavy atom. The number of aliphatic imine (C=N–C) groups is 1. The van der Waals surface area contributed by atoms with Crippen molar-refractivity contribution in [3.63, 3.8) is 0 Å². The molecule has 1 aromatic carbocycles. The fourth-order valence-corrected chi connectivity index (χ4v) is 5.43. The maximum absolute atomic E-state index is 11.4. The number of guanidine groups is 1. The Bertz CT molecular complexity index is 941. The highest BCUT2D eigenvalue weighted by molar-refractivity contribution is 7.90. The molecular weight excluding hydrogens is 416 g/mol. The predicted octanol–water partition coefficient (Wildman–Crippen LogP) is 2.84. The number of nitrogens with one attached hydrogen (secondary N) is 2. The second-order valence-electron chi connectivity index (χ2n) is 7.93. The minimum absolute atomic E-state index is 0.0180. The maximum Gasteiger partial charge on any atom is 0.191 e. The lowest BCUT2D eigenvalue weighted by Gasteiger charge is -2.35. The number of nitrogens with zero attached hydrogens (tertiary/aromatic N) is 2. The van der Waals surface area contributed by atoms with Gasteiger partial charge in [-0.2, -0.15) is 0 Å². The molecule has 2 atom stereocenters. The molecule has 6 nitrogen and oxygen atoms in total. The molecule has 2 N–H and O–H groups in total. The largest absolute Gasteiger partial charge is 0.354 e. The number of fused-ring (bicyclic) bond motifs is 1. The average Bonchev–Trinajstić information content (AvgIpc) is 3.20. The van der Waals surface area contributed by atoms with Crippen LogP contribution in [-0.4, -0.2) is 57.5 Å². The van der Waals surface area contributed by atoms with Crippen molar-refractivity contribution in [2.45, 2.75) is 38.4 Å². The normalized spacial score (nSPS) is 17.2. The first kappa shape index (κ1) is 22.8. The van der Waals surface area contributed by atoms with Gasteiger partial charge in [-0.3, -0.25) is 9.89 Å². The van der Waals surface area contributed by atoms with Gasteiger partial charge >= 0.3 is 0 Å². The van der Waals surface area contributed by atoms with Crippen molar-refractivity contribution in [3.05, 3.63) is 57.8 Å². The van der Waals surface area contributed by atoms with Crippen LogP contribution in [0.25, 0.3) is 0 Å². The lowest BCUT2D eigenvalue weighted by Crippen LogP contribution is -2.46. The summed E-state index contributed by atoms with van der Waals surface area (Å²) in [5.41, 5.74) is 2.72. The van der Waals surface area contributed by atoms with Gasteiger partial charge in [-0.15, -0.1) is 11.3 Å². The summed E-state index contributed by atoms with van der Waals surface area (Å²) in [6.07, 6.45) is 2.91. The van der Waals surface area contributed by atoms with E-state index in [1.807, 2.05) is 24.3 Å². The van der Waals surface area contributed by atoms with Gasteiger partial charge < -0.3 is 10.6 Å². The number of rotatable bonds is 8. The lowest BCUT2D eigenvalue weighted by atomic mass is 10.0. The van der Waals surface area contributed by atoms with Crippen molar-refractivity contribution in [2.24, 2.45) is 4.99 Å². The average molecular weight is 449 g/mol. The Hall–Kier alpha value is -1.90. The lowest BCUT2D eigenvalue weighted by molar-refractivity contribution is 0.181. The van der Waals surface area contributed by atoms with E-state index in [0.29, 0.717) is 12.4 Å². The number of hydrogen-bond acceptors (Lipinski definition) is 5. The molecule has 0 saturated carbocycles. The van der Waals surface area contributed by atoms with Gasteiger partial charge in [-0.25, -0.2) is 8.42 Å². The molecule has 0 spiro atoms. The molecule has 0 amide bonds. The van der Waals surface area contributed by atoms with Gasteiger partial charge in [0.25, 0.3) is 0 Å². The zero-order valence-corrected chi connectivity index (χ0v) is 19.6. The van der Waals surface area contributed by atoms with Crippen molar-refractivity contribution in [1.82, 2.24) is 15.5 Å². The van der Waals surface area contributed by atoms with Crippen molar-refractivity contribution < 1.29 is 8.42 Å². The van der Waals surface area contributed by atoms with Gasteiger partial charge in [-0.05, 0) is 42.3 Å². The molecule has 2 aromatic rings. The van der Waals surface area contributed by atoms with Crippen LogP contribution in [0.4, 0.5) is 0 Å². The van der Waals surface area contributed by atoms with Crippen LogP contribution in [-0.2, 0) is 22.8 Å². The Morgan fingerprint density at radius 3 is 2.73 bits per heavy atom. The molecule has 1 aromatic heterocycles. The quantitative estimate of drug-likeness (QED) is 0.480. The molecule has 30 heavy (non-hydrogen) atoms. The van der Waals surface area contributed by atoms with E-state index < -0.39 is 9.84 Å². The topological polar surface area (TPSA) is 73.8 Å². The highest BCUT2D eigenvalue weighted by Crippen LogP contribution is 2.30. The predicted molar refractivity (Wildman–Crippen MR) is 126 cm³/mol. The summed E-state index contributed by atoms with van der Waals surface area (Å²) in [6.45, 7) is 4.69. The van der Waals surface area contributed by atoms with Crippen molar-refractivity contribution in [2.75, 3.05) is 32.1 Å². The molecule has 1 aliphatic rings. The third-order valence-electron chi connectivity index (χ3n) is 5.45. The summed E-state index contributed by atoms with van der Waals surface area (Å²) in [5, 5.41) is 8.97. The third kappa shape index (κ3) is 6.55. The molecule has 0 aliphatic carbocycles. The van der Waals surface area contributed by atoms with Crippen LogP contribution in [0.2, 0.25) is 0 Å². The van der Waals surface area contributed by atoms with Gasteiger partial charge in [0.05, 0.1) is 11.8 Å². The minimum Gasteiger partial charge on any atom is -0.354 e. The second kappa shape index (κ2) is 10.4. The van der Waals surface area contributed by atoms with Crippen LogP contribution in [0.5, 0.6) is 0 Å². The summed E-state index contributed by atoms with van der Waals surface area (Å²) < 4.78 is 22.9. The zero-order chi connectivity index (χ0) is 21.6. The fourth-order valence-electron chi connectivity index (χ4n) is 3.75. The summed E-state index contributed by atoms with van der Waals surface area (Å²) >= 11 is 1.86. The number of sulfone groups is 1. The van der Waals surface area contributed by atoms with Crippen molar-refractivity contribution in [3.8, 4) is 0 Å². The van der Waals surface area contributed by atoms with Gasteiger partial charge in [0.15, 0.2) is 5.96 Å². The monoisotopic (exact) mass is 448 g/mol. The number of benzene rings is 1. The van der Waals surface area contributed by atoms with E-state index in [9.17, 15) is 8.42 Å². The van der Waals surface area contributed by atoms with Crippen molar-refractivity contribution >= 4 is 27.1 Å². The van der Waals surface area contributed by atoms with Gasteiger partial charge in [0.1, 0.15) is 9.84 Å². The summed E-state index contributed by atoms with van der Waals surface area (Å²) in [4.78, 5) is 8.37. The van der Waals surface area contributed by atoms with E-state index in [1.54, 1.807) is 7.05 Å². The Labute approximate surface area is 184 Å². The van der Waals surface area contributed by atoms with E-state index in [-0.39, 0.29) is 17.8 Å². The molecule has 0 saturated heterocycles. The summed E-state index contributed by atoms with van der Waals surface area (Å²) in [6, 6.07) is 13.1. The van der Waals surface area contributed by atoms with E-state index in [2.05, 4.69) is 56.2 Å². The SMILES string of the molecule is CN=C(NCC(c1ccccc1)N1CCc2sccc2C1)NC(C)CCS(C)(=O)=O. The van der Waals surface area contributed by atoms with E-state index in [4.69, 9.17) is 0 Å². The molecular formula is C22H32N4O2S2. The number of hydrogen-bond donors (Lipinski definition) is 2. The van der Waals surface area contributed by atoms with Crippen molar-refractivity contribution in [1.29, 1.82) is 0 Å². The molecule has 2 heterocycles. The molecule has 164 valence electrons. The first-order valence-corrected chi connectivity index (χ1v) is 13.3. The zero-order valence-electron chi connectivity index (χ0n) is 18.0. The summed E-state index contributed by atoms with van der Waals surface area (Å²) in [7, 11) is -1.22. The molecule has 3 rings (SSSR count). The summed E-state index contributed by atoms with van der Waals surface area (Å²) in [5.74, 6) is 0.867. The van der Waals surface area contributed by atoms with Crippen LogP contribution in [0, 0.1) is 0 Å². The molecule has 0 bridgehead atoms. The van der Waals surface area contributed by atoms with E-state index >= 15 is 0 Å². The fraction of sp³-hybridized carbons (Fsp3) is 0.500. The molecule has 8 heteroatoms. The van der Waals surface area contributed by atoms with Crippen LogP contribution < -0.4 is 10.6 Å². The standard InChI is InChI=1S/C22H32N4O2S2/c1-17(11-14-30(3,27)28)25-22(23-2)24-15-20(18-7-5-4-6-8-18)26-12-9-21-19(16-26)10-13-29-21/h4-8,10,13,17,20H,9,11-12,14-16H2,1-3H3,(H2,23,24,25). The number of thiophene rings is 1. The van der Waals surface area contributed by atoms with Gasteiger partial charge in [-0.1, -0.05) is 30.3 Å². The van der Waals surface area contributed by atoms with Crippen LogP contribution in [0.1, 0.15) is 35.4 Å². The Morgan fingerprint density at radius 2 is 2.03 bits per heavy atom. The first-order chi connectivity index (χ1) is 14.4. The minimum atomic E-state index is -2.96. The third-order valence-corrected chi connectivity index (χ3v) is 7.45. The highest BCUT2D eigenvalue weighted by Gasteiger charge is 2.25. The molecule has 0 radical (unpaired) electrons. The molecule has 2 unspecified atom stereocenters. The highest BCUT2D eigenvalue weighted by atomic mass is 32.2. The Balaban J connectivity index is 1.65. The van der Waals surface area contributed by atoms with E-state index in [0.717, 1.165) is 26.1 Å². The Kier molecular flexibility index (Phi) is 7.91. The van der Waals surface area contributed by atoms with Crippen LogP contribution in [0.3, 0.4) is 0 Å². The maximum atomic E-state index is 11.4. The molecule has 0 fully saturated rings. The van der Waals surface area contributed by atoms with E-state index in [1.165, 1.54) is 22.3 Å². The first-order valence-electron chi connectivity index (χ1n) is 10.3. The van der Waals surface area contributed by atoms with Gasteiger partial charge in [0.2, 0.25) is 0 Å². The van der Waals surface area contributed by atoms with Crippen LogP contribution >= 0.6 is 11.3 Å². The second-order valence-corrected chi connectivity index (χ2v) is 11.2. The molecule has 1 aliphatic heterocycles. The smallest absolute Gasteiger partial charge is 0.191 e. The van der Waals surface area contributed by atoms with Gasteiger partial charge in [0, 0.05) is 43.9 Å².